The standard InChI is InChI=1S/C14H26N2S/c1-6-7-8-9-10(2)15-11(3)14-12(4)17-13(5)16-14/h10-11,15H,6-9H2,1-5H3. The predicted octanol–water partition coefficient (Wildman–Crippen LogP) is 4.38. The van der Waals surface area contributed by atoms with Crippen LogP contribution < -0.4 is 5.32 Å². The van der Waals surface area contributed by atoms with Gasteiger partial charge in [-0.15, -0.1) is 11.3 Å². The van der Waals surface area contributed by atoms with Crippen molar-refractivity contribution in [2.45, 2.75) is 72.4 Å². The minimum absolute atomic E-state index is 0.372. The van der Waals surface area contributed by atoms with Gasteiger partial charge in [0.15, 0.2) is 0 Å². The number of rotatable bonds is 7. The number of hydrogen-bond donors (Lipinski definition) is 1. The number of nitrogens with zero attached hydrogens (tertiary/aromatic N) is 1. The molecule has 1 N–H and O–H groups in total. The van der Waals surface area contributed by atoms with Gasteiger partial charge in [-0.1, -0.05) is 26.2 Å². The lowest BCUT2D eigenvalue weighted by molar-refractivity contribution is 0.435. The van der Waals surface area contributed by atoms with Gasteiger partial charge in [-0.25, -0.2) is 4.98 Å². The van der Waals surface area contributed by atoms with Crippen LogP contribution in [0.25, 0.3) is 0 Å². The van der Waals surface area contributed by atoms with Crippen LogP contribution in [0.2, 0.25) is 0 Å². The quantitative estimate of drug-likeness (QED) is 0.730. The van der Waals surface area contributed by atoms with E-state index in [-0.39, 0.29) is 0 Å². The van der Waals surface area contributed by atoms with E-state index in [1.807, 2.05) is 0 Å². The molecule has 1 aromatic heterocycles. The Hall–Kier alpha value is -0.410. The molecular weight excluding hydrogens is 228 g/mol. The van der Waals surface area contributed by atoms with Crippen LogP contribution in [-0.2, 0) is 0 Å². The van der Waals surface area contributed by atoms with Crippen molar-refractivity contribution in [1.82, 2.24) is 10.3 Å². The number of aromatic nitrogens is 1. The Morgan fingerprint density at radius 3 is 2.47 bits per heavy atom. The van der Waals surface area contributed by atoms with E-state index in [0.29, 0.717) is 12.1 Å². The van der Waals surface area contributed by atoms with Crippen molar-refractivity contribution in [3.8, 4) is 0 Å². The summed E-state index contributed by atoms with van der Waals surface area (Å²) in [6.45, 7) is 11.0. The maximum atomic E-state index is 4.62. The fraction of sp³-hybridized carbons (Fsp3) is 0.786. The summed E-state index contributed by atoms with van der Waals surface area (Å²) in [6.07, 6.45) is 5.23. The first kappa shape index (κ1) is 14.7. The van der Waals surface area contributed by atoms with E-state index in [0.717, 1.165) is 0 Å². The van der Waals surface area contributed by atoms with Crippen LogP contribution in [0.1, 0.15) is 68.1 Å². The first-order chi connectivity index (χ1) is 8.04. The third kappa shape index (κ3) is 4.76. The minimum atomic E-state index is 0.372. The normalized spacial score (nSPS) is 14.9. The van der Waals surface area contributed by atoms with Gasteiger partial charge in [0.25, 0.3) is 0 Å². The van der Waals surface area contributed by atoms with Crippen molar-refractivity contribution in [3.05, 3.63) is 15.6 Å². The molecule has 17 heavy (non-hydrogen) atoms. The number of nitrogens with one attached hydrogen (secondary N) is 1. The van der Waals surface area contributed by atoms with E-state index < -0.39 is 0 Å². The van der Waals surface area contributed by atoms with Crippen molar-refractivity contribution in [3.63, 3.8) is 0 Å². The summed E-state index contributed by atoms with van der Waals surface area (Å²) < 4.78 is 0. The third-order valence-corrected chi connectivity index (χ3v) is 4.03. The molecule has 0 bridgehead atoms. The summed E-state index contributed by atoms with van der Waals surface area (Å²) in [4.78, 5) is 5.97. The van der Waals surface area contributed by atoms with Gasteiger partial charge in [0.1, 0.15) is 0 Å². The van der Waals surface area contributed by atoms with Crippen LogP contribution in [0.3, 0.4) is 0 Å². The lowest BCUT2D eigenvalue weighted by atomic mass is 10.1. The maximum Gasteiger partial charge on any atom is 0.0900 e. The van der Waals surface area contributed by atoms with Gasteiger partial charge in [0.05, 0.1) is 10.7 Å². The van der Waals surface area contributed by atoms with Crippen molar-refractivity contribution in [2.75, 3.05) is 0 Å². The molecule has 2 atom stereocenters. The first-order valence-electron chi connectivity index (χ1n) is 6.74. The molecule has 0 aromatic carbocycles. The van der Waals surface area contributed by atoms with E-state index in [9.17, 15) is 0 Å². The second-order valence-electron chi connectivity index (χ2n) is 4.96. The highest BCUT2D eigenvalue weighted by Crippen LogP contribution is 2.23. The van der Waals surface area contributed by atoms with E-state index in [4.69, 9.17) is 0 Å². The fourth-order valence-corrected chi connectivity index (χ4v) is 3.15. The molecule has 0 fully saturated rings. The van der Waals surface area contributed by atoms with Crippen LogP contribution in [0.15, 0.2) is 0 Å². The lowest BCUT2D eigenvalue weighted by Gasteiger charge is -2.19. The Labute approximate surface area is 110 Å². The smallest absolute Gasteiger partial charge is 0.0900 e. The molecule has 2 nitrogen and oxygen atoms in total. The summed E-state index contributed by atoms with van der Waals surface area (Å²) in [6, 6.07) is 0.953. The second-order valence-corrected chi connectivity index (χ2v) is 6.37. The summed E-state index contributed by atoms with van der Waals surface area (Å²) in [5, 5.41) is 4.82. The summed E-state index contributed by atoms with van der Waals surface area (Å²) >= 11 is 1.80. The Balaban J connectivity index is 2.43. The van der Waals surface area contributed by atoms with Gasteiger partial charge in [-0.2, -0.15) is 0 Å². The fourth-order valence-electron chi connectivity index (χ4n) is 2.24. The molecule has 2 unspecified atom stereocenters. The number of aryl methyl sites for hydroxylation is 2. The molecule has 0 aliphatic rings. The molecule has 98 valence electrons. The summed E-state index contributed by atoms with van der Waals surface area (Å²) in [7, 11) is 0. The highest BCUT2D eigenvalue weighted by atomic mass is 32.1. The number of thiazole rings is 1. The van der Waals surface area contributed by atoms with Crippen molar-refractivity contribution in [1.29, 1.82) is 0 Å². The molecule has 1 heterocycles. The predicted molar refractivity (Wildman–Crippen MR) is 76.7 cm³/mol. The Bertz CT molecular complexity index is 333. The number of hydrogen-bond acceptors (Lipinski definition) is 3. The van der Waals surface area contributed by atoms with Gasteiger partial charge in [0, 0.05) is 17.0 Å². The van der Waals surface area contributed by atoms with Crippen molar-refractivity contribution >= 4 is 11.3 Å². The Morgan fingerprint density at radius 1 is 1.24 bits per heavy atom. The summed E-state index contributed by atoms with van der Waals surface area (Å²) in [5.74, 6) is 0. The van der Waals surface area contributed by atoms with E-state index in [2.05, 4.69) is 44.9 Å². The SMILES string of the molecule is CCCCCC(C)NC(C)c1nc(C)sc1C. The summed E-state index contributed by atoms with van der Waals surface area (Å²) in [5.41, 5.74) is 1.23. The molecule has 0 saturated carbocycles. The van der Waals surface area contributed by atoms with Gasteiger partial charge < -0.3 is 5.32 Å². The van der Waals surface area contributed by atoms with Crippen molar-refractivity contribution in [2.24, 2.45) is 0 Å². The third-order valence-electron chi connectivity index (χ3n) is 3.12. The molecule has 0 spiro atoms. The van der Waals surface area contributed by atoms with Crippen LogP contribution in [0, 0.1) is 13.8 Å². The highest BCUT2D eigenvalue weighted by molar-refractivity contribution is 7.11. The molecule has 0 amide bonds. The first-order valence-corrected chi connectivity index (χ1v) is 7.56. The molecule has 3 heteroatoms. The second kappa shape index (κ2) is 7.12. The molecule has 0 aliphatic heterocycles. The van der Waals surface area contributed by atoms with Gasteiger partial charge >= 0.3 is 0 Å². The zero-order valence-corrected chi connectivity index (χ0v) is 12.7. The largest absolute Gasteiger partial charge is 0.306 e. The monoisotopic (exact) mass is 254 g/mol. The average Bonchev–Trinajstić information content (AvgIpc) is 2.58. The van der Waals surface area contributed by atoms with Gasteiger partial charge in [-0.3, -0.25) is 0 Å². The molecule has 1 aromatic rings. The zero-order chi connectivity index (χ0) is 12.8. The molecule has 1 rings (SSSR count). The molecular formula is C14H26N2S. The van der Waals surface area contributed by atoms with Crippen LogP contribution in [0.5, 0.6) is 0 Å². The molecule has 0 radical (unpaired) electrons. The molecule has 0 aliphatic carbocycles. The molecule has 0 saturated heterocycles. The van der Waals surface area contributed by atoms with Crippen LogP contribution in [-0.4, -0.2) is 11.0 Å². The van der Waals surface area contributed by atoms with E-state index in [1.165, 1.54) is 41.3 Å². The van der Waals surface area contributed by atoms with Crippen LogP contribution in [0.4, 0.5) is 0 Å². The minimum Gasteiger partial charge on any atom is -0.306 e. The topological polar surface area (TPSA) is 24.9 Å². The Morgan fingerprint density at radius 2 is 1.94 bits per heavy atom. The lowest BCUT2D eigenvalue weighted by Crippen LogP contribution is -2.29. The van der Waals surface area contributed by atoms with Gasteiger partial charge in [-0.05, 0) is 34.1 Å². The van der Waals surface area contributed by atoms with Crippen molar-refractivity contribution < 1.29 is 0 Å². The van der Waals surface area contributed by atoms with Crippen LogP contribution >= 0.6 is 11.3 Å². The van der Waals surface area contributed by atoms with Gasteiger partial charge in [0.2, 0.25) is 0 Å². The zero-order valence-electron chi connectivity index (χ0n) is 11.8. The van der Waals surface area contributed by atoms with E-state index in [1.54, 1.807) is 11.3 Å². The maximum absolute atomic E-state index is 4.62. The average molecular weight is 254 g/mol. The number of unbranched alkanes of at least 4 members (excludes halogenated alkanes) is 2. The Kier molecular flexibility index (Phi) is 6.14. The van der Waals surface area contributed by atoms with E-state index >= 15 is 0 Å². The highest BCUT2D eigenvalue weighted by Gasteiger charge is 2.14.